The van der Waals surface area contributed by atoms with E-state index in [9.17, 15) is 9.59 Å². The number of carbonyl (C=O) groups is 1. The van der Waals surface area contributed by atoms with Gasteiger partial charge in [0.1, 0.15) is 10.6 Å². The molecule has 6 rings (SSSR count). The second-order valence-electron chi connectivity index (χ2n) is 9.94. The number of nitrogens with zero attached hydrogens (tertiary/aromatic N) is 3. The van der Waals surface area contributed by atoms with Gasteiger partial charge in [-0.3, -0.25) is 19.1 Å². The molecule has 0 bridgehead atoms. The highest BCUT2D eigenvalue weighted by Crippen LogP contribution is 2.35. The second kappa shape index (κ2) is 11.4. The third-order valence-corrected chi connectivity index (χ3v) is 9.26. The molecule has 0 spiro atoms. The third-order valence-electron chi connectivity index (χ3n) is 7.21. The Morgan fingerprint density at radius 2 is 1.77 bits per heavy atom. The molecule has 2 aromatic heterocycles. The fraction of sp³-hybridized carbons (Fsp3) is 0.219. The summed E-state index contributed by atoms with van der Waals surface area (Å²) in [4.78, 5) is 36.5. The Balaban J connectivity index is 1.35. The fourth-order valence-electron chi connectivity index (χ4n) is 5.06. The Bertz CT molecular complexity index is 1730. The average Bonchev–Trinajstić information content (AvgIpc) is 3.35. The molecule has 0 saturated heterocycles. The zero-order valence-electron chi connectivity index (χ0n) is 22.4. The van der Waals surface area contributed by atoms with Crippen LogP contribution in [0.2, 0.25) is 0 Å². The van der Waals surface area contributed by atoms with Gasteiger partial charge in [-0.2, -0.15) is 0 Å². The zero-order valence-corrected chi connectivity index (χ0v) is 24.1. The molecule has 0 unspecified atom stereocenters. The first kappa shape index (κ1) is 26.5. The van der Waals surface area contributed by atoms with Gasteiger partial charge >= 0.3 is 0 Å². The zero-order chi connectivity index (χ0) is 27.6. The van der Waals surface area contributed by atoms with E-state index in [1.807, 2.05) is 37.3 Å². The fourth-order valence-corrected chi connectivity index (χ4v) is 7.27. The molecule has 0 amide bonds. The topological polar surface area (TPSA) is 64.4 Å². The monoisotopic (exact) mass is 567 g/mol. The van der Waals surface area contributed by atoms with Crippen LogP contribution in [0, 0.1) is 6.92 Å². The molecular formula is C32H29N3O3S2. The molecule has 1 aliphatic rings. The van der Waals surface area contributed by atoms with Crippen LogP contribution in [0.4, 0.5) is 0 Å². The minimum absolute atomic E-state index is 0.0283. The number of hydrogen-bond acceptors (Lipinski definition) is 7. The van der Waals surface area contributed by atoms with Crippen molar-refractivity contribution in [3.63, 3.8) is 0 Å². The van der Waals surface area contributed by atoms with E-state index in [1.165, 1.54) is 22.2 Å². The van der Waals surface area contributed by atoms with Gasteiger partial charge in [0.25, 0.3) is 5.56 Å². The van der Waals surface area contributed by atoms with Crippen molar-refractivity contribution >= 4 is 39.1 Å². The first-order valence-electron chi connectivity index (χ1n) is 13.2. The lowest BCUT2D eigenvalue weighted by atomic mass is 10.0. The van der Waals surface area contributed by atoms with Crippen molar-refractivity contribution in [3.8, 4) is 11.4 Å². The molecule has 0 fully saturated rings. The molecule has 0 atom stereocenters. The number of thioether (sulfide) groups is 1. The summed E-state index contributed by atoms with van der Waals surface area (Å²) in [5.41, 5.74) is 4.80. The van der Waals surface area contributed by atoms with E-state index in [0.717, 1.165) is 47.7 Å². The molecule has 202 valence electrons. The van der Waals surface area contributed by atoms with E-state index in [1.54, 1.807) is 47.3 Å². The van der Waals surface area contributed by atoms with Crippen molar-refractivity contribution in [2.24, 2.45) is 0 Å². The number of ether oxygens (including phenoxy) is 1. The highest BCUT2D eigenvalue weighted by atomic mass is 32.2. The molecule has 5 aromatic rings. The quantitative estimate of drug-likeness (QED) is 0.125. The summed E-state index contributed by atoms with van der Waals surface area (Å²) in [6, 6.07) is 25.4. The first-order chi connectivity index (χ1) is 19.5. The molecule has 0 aliphatic carbocycles. The lowest BCUT2D eigenvalue weighted by molar-refractivity contribution is 0.102. The number of benzene rings is 3. The third kappa shape index (κ3) is 5.35. The van der Waals surface area contributed by atoms with Crippen molar-refractivity contribution in [2.45, 2.75) is 31.6 Å². The number of aromatic nitrogens is 2. The van der Waals surface area contributed by atoms with Crippen LogP contribution in [0.25, 0.3) is 15.9 Å². The molecule has 40 heavy (non-hydrogen) atoms. The lowest BCUT2D eigenvalue weighted by Crippen LogP contribution is -2.30. The summed E-state index contributed by atoms with van der Waals surface area (Å²) in [5.74, 6) is 0.847. The number of thiophene rings is 1. The van der Waals surface area contributed by atoms with Gasteiger partial charge in [-0.1, -0.05) is 59.8 Å². The van der Waals surface area contributed by atoms with Crippen LogP contribution < -0.4 is 10.3 Å². The van der Waals surface area contributed by atoms with Gasteiger partial charge in [0.05, 0.1) is 23.9 Å². The summed E-state index contributed by atoms with van der Waals surface area (Å²) in [6.45, 7) is 4.59. The number of carbonyl (C=O) groups excluding carboxylic acids is 1. The largest absolute Gasteiger partial charge is 0.497 e. The number of ketones is 1. The van der Waals surface area contributed by atoms with Gasteiger partial charge in [0, 0.05) is 30.1 Å². The van der Waals surface area contributed by atoms with Crippen molar-refractivity contribution in [3.05, 3.63) is 116 Å². The Kier molecular flexibility index (Phi) is 7.56. The van der Waals surface area contributed by atoms with E-state index >= 15 is 0 Å². The van der Waals surface area contributed by atoms with Gasteiger partial charge < -0.3 is 4.74 Å². The maximum absolute atomic E-state index is 14.1. The number of methoxy groups -OCH3 is 1. The van der Waals surface area contributed by atoms with Gasteiger partial charge in [0.15, 0.2) is 10.9 Å². The molecule has 3 aromatic carbocycles. The highest BCUT2D eigenvalue weighted by molar-refractivity contribution is 7.99. The SMILES string of the molecule is COc1ccc(C(=O)CSc2nc3sc4c(c3c(=O)n2-c2ccc(C)cc2)CCN(Cc2ccccc2)C4)cc1. The maximum Gasteiger partial charge on any atom is 0.267 e. The molecule has 0 radical (unpaired) electrons. The summed E-state index contributed by atoms with van der Waals surface area (Å²) in [6.07, 6.45) is 0.815. The van der Waals surface area contributed by atoms with E-state index < -0.39 is 0 Å². The average molecular weight is 568 g/mol. The van der Waals surface area contributed by atoms with Crippen LogP contribution >= 0.6 is 23.1 Å². The van der Waals surface area contributed by atoms with Crippen LogP contribution in [0.15, 0.2) is 88.8 Å². The minimum Gasteiger partial charge on any atom is -0.497 e. The highest BCUT2D eigenvalue weighted by Gasteiger charge is 2.26. The van der Waals surface area contributed by atoms with Crippen LogP contribution in [0.5, 0.6) is 5.75 Å². The predicted molar refractivity (Wildman–Crippen MR) is 162 cm³/mol. The van der Waals surface area contributed by atoms with Gasteiger partial charge in [0.2, 0.25) is 0 Å². The van der Waals surface area contributed by atoms with Crippen molar-refractivity contribution in [2.75, 3.05) is 19.4 Å². The Labute approximate surface area is 241 Å². The Morgan fingerprint density at radius 1 is 1.02 bits per heavy atom. The summed E-state index contributed by atoms with van der Waals surface area (Å²) in [5, 5.41) is 1.24. The number of fused-ring (bicyclic) bond motifs is 3. The van der Waals surface area contributed by atoms with Crippen molar-refractivity contribution in [1.29, 1.82) is 0 Å². The molecule has 3 heterocycles. The number of rotatable bonds is 8. The maximum atomic E-state index is 14.1. The van der Waals surface area contributed by atoms with Crippen molar-refractivity contribution < 1.29 is 9.53 Å². The second-order valence-corrected chi connectivity index (χ2v) is 12.0. The number of aryl methyl sites for hydroxylation is 1. The minimum atomic E-state index is -0.0674. The van der Waals surface area contributed by atoms with Gasteiger partial charge in [-0.05, 0) is 60.9 Å². The molecular weight excluding hydrogens is 539 g/mol. The van der Waals surface area contributed by atoms with E-state index in [0.29, 0.717) is 21.9 Å². The van der Waals surface area contributed by atoms with E-state index in [4.69, 9.17) is 9.72 Å². The van der Waals surface area contributed by atoms with Crippen LogP contribution in [-0.2, 0) is 19.5 Å². The standard InChI is InChI=1S/C32H29N3O3S2/c1-21-8-12-24(13-9-21)35-31(37)29-26-16-17-34(18-22-6-4-3-5-7-22)19-28(26)40-30(29)33-32(35)39-20-27(36)23-10-14-25(38-2)15-11-23/h3-15H,16-20H2,1-2H3. The number of hydrogen-bond donors (Lipinski definition) is 0. The van der Waals surface area contributed by atoms with Gasteiger partial charge in [-0.25, -0.2) is 4.98 Å². The molecule has 6 nitrogen and oxygen atoms in total. The summed E-state index contributed by atoms with van der Waals surface area (Å²) in [7, 11) is 1.60. The van der Waals surface area contributed by atoms with Crippen LogP contribution in [0.3, 0.4) is 0 Å². The van der Waals surface area contributed by atoms with Crippen molar-refractivity contribution in [1.82, 2.24) is 14.5 Å². The molecule has 0 N–H and O–H groups in total. The first-order valence-corrected chi connectivity index (χ1v) is 15.0. The van der Waals surface area contributed by atoms with Gasteiger partial charge in [-0.15, -0.1) is 11.3 Å². The van der Waals surface area contributed by atoms with Crippen LogP contribution in [-0.4, -0.2) is 39.6 Å². The molecule has 0 saturated carbocycles. The lowest BCUT2D eigenvalue weighted by Gasteiger charge is -2.26. The molecule has 8 heteroatoms. The normalized spacial score (nSPS) is 13.3. The number of Topliss-reactive ketones (excluding diaryl/α,β-unsaturated/α-hetero) is 1. The summed E-state index contributed by atoms with van der Waals surface area (Å²) >= 11 is 2.91. The summed E-state index contributed by atoms with van der Waals surface area (Å²) < 4.78 is 6.89. The van der Waals surface area contributed by atoms with E-state index in [2.05, 4.69) is 29.2 Å². The van der Waals surface area contributed by atoms with Crippen LogP contribution in [0.1, 0.15) is 31.9 Å². The van der Waals surface area contributed by atoms with E-state index in [-0.39, 0.29) is 17.1 Å². The Morgan fingerprint density at radius 3 is 2.50 bits per heavy atom. The Hall–Kier alpha value is -3.72. The smallest absolute Gasteiger partial charge is 0.267 e. The predicted octanol–water partition coefficient (Wildman–Crippen LogP) is 6.30. The molecule has 1 aliphatic heterocycles.